The molecule has 1 aliphatic carbocycles. The summed E-state index contributed by atoms with van der Waals surface area (Å²) < 4.78 is 0. The van der Waals surface area contributed by atoms with E-state index in [4.69, 9.17) is 0 Å². The Balaban J connectivity index is 1.90. The normalized spacial score (nSPS) is 19.1. The summed E-state index contributed by atoms with van der Waals surface area (Å²) in [4.78, 5) is 9.83. The summed E-state index contributed by atoms with van der Waals surface area (Å²) in [5, 5.41) is 9.59. The maximum atomic E-state index is 9.59. The number of aryl methyl sites for hydroxylation is 1. The molecule has 1 heterocycles. The van der Waals surface area contributed by atoms with Gasteiger partial charge in [-0.15, -0.1) is 0 Å². The zero-order valence-electron chi connectivity index (χ0n) is 10.9. The van der Waals surface area contributed by atoms with Gasteiger partial charge in [-0.1, -0.05) is 12.8 Å². The van der Waals surface area contributed by atoms with Crippen LogP contribution in [0.25, 0.3) is 0 Å². The van der Waals surface area contributed by atoms with Gasteiger partial charge in [-0.3, -0.25) is 4.90 Å². The standard InChI is InChI=1S/C13H23N3O/c1-11-7-14-12(15-11)8-16(2)9-13(10-17)5-3-4-6-13/h7,17H,3-6,8-10H2,1-2H3,(H,14,15). The van der Waals surface area contributed by atoms with E-state index in [0.29, 0.717) is 6.61 Å². The van der Waals surface area contributed by atoms with Gasteiger partial charge < -0.3 is 10.1 Å². The van der Waals surface area contributed by atoms with Crippen LogP contribution in [0.2, 0.25) is 0 Å². The fourth-order valence-corrected chi connectivity index (χ4v) is 2.92. The lowest BCUT2D eigenvalue weighted by Crippen LogP contribution is -2.36. The smallest absolute Gasteiger partial charge is 0.120 e. The van der Waals surface area contributed by atoms with Gasteiger partial charge in [0.1, 0.15) is 5.82 Å². The molecular weight excluding hydrogens is 214 g/mol. The van der Waals surface area contributed by atoms with Crippen molar-refractivity contribution in [3.63, 3.8) is 0 Å². The fraction of sp³-hybridized carbons (Fsp3) is 0.769. The summed E-state index contributed by atoms with van der Waals surface area (Å²) in [7, 11) is 2.10. The topological polar surface area (TPSA) is 52.1 Å². The Kier molecular flexibility index (Phi) is 3.84. The minimum atomic E-state index is 0.135. The summed E-state index contributed by atoms with van der Waals surface area (Å²) in [5.74, 6) is 1.01. The molecule has 1 aliphatic rings. The zero-order chi connectivity index (χ0) is 12.3. The van der Waals surface area contributed by atoms with E-state index >= 15 is 0 Å². The molecule has 4 nitrogen and oxygen atoms in total. The molecule has 0 atom stereocenters. The molecule has 0 amide bonds. The van der Waals surface area contributed by atoms with Crippen molar-refractivity contribution in [2.45, 2.75) is 39.2 Å². The molecule has 4 heteroatoms. The van der Waals surface area contributed by atoms with Crippen LogP contribution in [0.15, 0.2) is 6.20 Å². The fourth-order valence-electron chi connectivity index (χ4n) is 2.92. The van der Waals surface area contributed by atoms with Crippen LogP contribution in [0.5, 0.6) is 0 Å². The summed E-state index contributed by atoms with van der Waals surface area (Å²) in [6.07, 6.45) is 6.69. The van der Waals surface area contributed by atoms with E-state index < -0.39 is 0 Å². The highest BCUT2D eigenvalue weighted by molar-refractivity contribution is 4.98. The SMILES string of the molecule is Cc1cnc(CN(C)CC2(CO)CCCC2)[nH]1. The molecule has 2 rings (SSSR count). The minimum absolute atomic E-state index is 0.135. The van der Waals surface area contributed by atoms with Gasteiger partial charge >= 0.3 is 0 Å². The van der Waals surface area contributed by atoms with E-state index in [2.05, 4.69) is 21.9 Å². The van der Waals surface area contributed by atoms with Crippen molar-refractivity contribution in [3.05, 3.63) is 17.7 Å². The molecular formula is C13H23N3O. The van der Waals surface area contributed by atoms with Crippen molar-refractivity contribution in [3.8, 4) is 0 Å². The second-order valence-electron chi connectivity index (χ2n) is 5.55. The highest BCUT2D eigenvalue weighted by Gasteiger charge is 2.34. The zero-order valence-corrected chi connectivity index (χ0v) is 10.9. The lowest BCUT2D eigenvalue weighted by molar-refractivity contribution is 0.0855. The molecule has 1 fully saturated rings. The van der Waals surface area contributed by atoms with Crippen LogP contribution >= 0.6 is 0 Å². The van der Waals surface area contributed by atoms with Crippen LogP contribution in [0.1, 0.15) is 37.2 Å². The largest absolute Gasteiger partial charge is 0.396 e. The molecule has 0 saturated heterocycles. The van der Waals surface area contributed by atoms with Crippen LogP contribution in [0, 0.1) is 12.3 Å². The minimum Gasteiger partial charge on any atom is -0.396 e. The lowest BCUT2D eigenvalue weighted by Gasteiger charge is -2.31. The Labute approximate surface area is 103 Å². The quantitative estimate of drug-likeness (QED) is 0.819. The Morgan fingerprint density at radius 1 is 1.47 bits per heavy atom. The first-order chi connectivity index (χ1) is 8.13. The first-order valence-electron chi connectivity index (χ1n) is 6.43. The molecule has 1 aromatic rings. The van der Waals surface area contributed by atoms with Gasteiger partial charge in [0, 0.05) is 30.5 Å². The summed E-state index contributed by atoms with van der Waals surface area (Å²) in [5.41, 5.74) is 1.24. The van der Waals surface area contributed by atoms with Crippen LogP contribution in [0.4, 0.5) is 0 Å². The highest BCUT2D eigenvalue weighted by Crippen LogP contribution is 2.38. The second kappa shape index (κ2) is 5.19. The van der Waals surface area contributed by atoms with Gasteiger partial charge in [0.15, 0.2) is 0 Å². The van der Waals surface area contributed by atoms with Crippen molar-refractivity contribution >= 4 is 0 Å². The Bertz CT molecular complexity index is 355. The van der Waals surface area contributed by atoms with E-state index in [1.807, 2.05) is 13.1 Å². The molecule has 0 aliphatic heterocycles. The first kappa shape index (κ1) is 12.6. The Morgan fingerprint density at radius 3 is 2.71 bits per heavy atom. The van der Waals surface area contributed by atoms with E-state index in [-0.39, 0.29) is 5.41 Å². The number of nitrogens with one attached hydrogen (secondary N) is 1. The van der Waals surface area contributed by atoms with Gasteiger partial charge in [0.05, 0.1) is 6.54 Å². The first-order valence-corrected chi connectivity index (χ1v) is 6.43. The van der Waals surface area contributed by atoms with E-state index in [1.165, 1.54) is 12.8 Å². The number of imidazole rings is 1. The molecule has 0 bridgehead atoms. The third-order valence-corrected chi connectivity index (χ3v) is 3.78. The average molecular weight is 237 g/mol. The number of aliphatic hydroxyl groups is 1. The molecule has 0 aromatic carbocycles. The van der Waals surface area contributed by atoms with Gasteiger partial charge in [-0.05, 0) is 26.8 Å². The second-order valence-corrected chi connectivity index (χ2v) is 5.55. The van der Waals surface area contributed by atoms with Crippen LogP contribution in [0.3, 0.4) is 0 Å². The number of H-pyrrole nitrogens is 1. The van der Waals surface area contributed by atoms with Crippen LogP contribution in [-0.2, 0) is 6.54 Å². The van der Waals surface area contributed by atoms with E-state index in [1.54, 1.807) is 0 Å². The van der Waals surface area contributed by atoms with Gasteiger partial charge in [0.2, 0.25) is 0 Å². The number of nitrogens with zero attached hydrogens (tertiary/aromatic N) is 2. The molecule has 0 unspecified atom stereocenters. The van der Waals surface area contributed by atoms with Gasteiger partial charge in [-0.2, -0.15) is 0 Å². The monoisotopic (exact) mass is 237 g/mol. The number of hydrogen-bond donors (Lipinski definition) is 2. The molecule has 0 spiro atoms. The van der Waals surface area contributed by atoms with E-state index in [0.717, 1.165) is 37.4 Å². The Morgan fingerprint density at radius 2 is 2.18 bits per heavy atom. The van der Waals surface area contributed by atoms with Gasteiger partial charge in [0.25, 0.3) is 0 Å². The van der Waals surface area contributed by atoms with Crippen molar-refractivity contribution in [2.75, 3.05) is 20.2 Å². The van der Waals surface area contributed by atoms with E-state index in [9.17, 15) is 5.11 Å². The van der Waals surface area contributed by atoms with Gasteiger partial charge in [-0.25, -0.2) is 4.98 Å². The third kappa shape index (κ3) is 3.07. The van der Waals surface area contributed by atoms with Crippen LogP contribution < -0.4 is 0 Å². The predicted octanol–water partition coefficient (Wildman–Crippen LogP) is 1.70. The van der Waals surface area contributed by atoms with Crippen LogP contribution in [-0.4, -0.2) is 40.2 Å². The van der Waals surface area contributed by atoms with Crippen molar-refractivity contribution < 1.29 is 5.11 Å². The maximum absolute atomic E-state index is 9.59. The van der Waals surface area contributed by atoms with Crippen molar-refractivity contribution in [1.29, 1.82) is 0 Å². The summed E-state index contributed by atoms with van der Waals surface area (Å²) in [6, 6.07) is 0. The number of aromatic nitrogens is 2. The highest BCUT2D eigenvalue weighted by atomic mass is 16.3. The summed E-state index contributed by atoms with van der Waals surface area (Å²) >= 11 is 0. The number of hydrogen-bond acceptors (Lipinski definition) is 3. The number of aromatic amines is 1. The molecule has 2 N–H and O–H groups in total. The third-order valence-electron chi connectivity index (χ3n) is 3.78. The Hall–Kier alpha value is -0.870. The summed E-state index contributed by atoms with van der Waals surface area (Å²) in [6.45, 7) is 4.12. The van der Waals surface area contributed by atoms with Crippen molar-refractivity contribution in [1.82, 2.24) is 14.9 Å². The molecule has 0 radical (unpaired) electrons. The number of rotatable bonds is 5. The predicted molar refractivity (Wildman–Crippen MR) is 67.6 cm³/mol. The molecule has 1 aromatic heterocycles. The lowest BCUT2D eigenvalue weighted by atomic mass is 9.87. The number of aliphatic hydroxyl groups excluding tert-OH is 1. The molecule has 96 valence electrons. The van der Waals surface area contributed by atoms with Crippen molar-refractivity contribution in [2.24, 2.45) is 5.41 Å². The molecule has 1 saturated carbocycles. The average Bonchev–Trinajstić information content (AvgIpc) is 2.89. The molecule has 17 heavy (non-hydrogen) atoms. The maximum Gasteiger partial charge on any atom is 0.120 e.